The SMILES string of the molecule is COC(=O)C1=Nc2c(OC)cc(C)cc2SC1. The number of benzene rings is 1. The maximum atomic E-state index is 11.4. The van der Waals surface area contributed by atoms with Gasteiger partial charge in [-0.2, -0.15) is 0 Å². The maximum absolute atomic E-state index is 11.4. The van der Waals surface area contributed by atoms with Gasteiger partial charge in [0.1, 0.15) is 17.1 Å². The Bertz CT molecular complexity index is 497. The molecule has 0 unspecified atom stereocenters. The fourth-order valence-electron chi connectivity index (χ4n) is 1.62. The van der Waals surface area contributed by atoms with Crippen molar-refractivity contribution in [2.75, 3.05) is 20.0 Å². The standard InChI is InChI=1S/C12H13NO3S/c1-7-4-9(15-2)11-10(5-7)17-6-8(13-11)12(14)16-3/h4-5H,6H2,1-3H3. The molecule has 1 aromatic carbocycles. The van der Waals surface area contributed by atoms with Gasteiger partial charge in [0.05, 0.1) is 14.2 Å². The number of thioether (sulfide) groups is 1. The number of rotatable bonds is 2. The van der Waals surface area contributed by atoms with E-state index in [1.54, 1.807) is 18.9 Å². The summed E-state index contributed by atoms with van der Waals surface area (Å²) in [7, 11) is 2.96. The lowest BCUT2D eigenvalue weighted by Crippen LogP contribution is -2.19. The third kappa shape index (κ3) is 2.29. The molecular weight excluding hydrogens is 238 g/mol. The number of ether oxygens (including phenoxy) is 2. The largest absolute Gasteiger partial charge is 0.494 e. The number of fused-ring (bicyclic) bond motifs is 1. The van der Waals surface area contributed by atoms with Crippen molar-refractivity contribution in [1.29, 1.82) is 0 Å². The molecule has 0 spiro atoms. The van der Waals surface area contributed by atoms with Gasteiger partial charge in [-0.05, 0) is 24.6 Å². The van der Waals surface area contributed by atoms with Crippen LogP contribution < -0.4 is 4.74 Å². The van der Waals surface area contributed by atoms with Gasteiger partial charge in [0, 0.05) is 10.6 Å². The highest BCUT2D eigenvalue weighted by Gasteiger charge is 2.21. The second-order valence-electron chi connectivity index (χ2n) is 3.65. The molecule has 1 aliphatic rings. The van der Waals surface area contributed by atoms with Gasteiger partial charge in [-0.1, -0.05) is 0 Å². The Morgan fingerprint density at radius 2 is 2.18 bits per heavy atom. The molecule has 0 bridgehead atoms. The zero-order valence-corrected chi connectivity index (χ0v) is 10.8. The molecule has 1 heterocycles. The number of carbonyl (C=O) groups is 1. The molecule has 0 fully saturated rings. The van der Waals surface area contributed by atoms with E-state index in [2.05, 4.69) is 9.73 Å². The highest BCUT2D eigenvalue weighted by molar-refractivity contribution is 8.00. The Labute approximate surface area is 104 Å². The second kappa shape index (κ2) is 4.79. The van der Waals surface area contributed by atoms with Gasteiger partial charge in [0.15, 0.2) is 0 Å². The normalized spacial score (nSPS) is 13.7. The van der Waals surface area contributed by atoms with Crippen LogP contribution >= 0.6 is 11.8 Å². The van der Waals surface area contributed by atoms with Gasteiger partial charge in [0.25, 0.3) is 0 Å². The molecule has 0 aromatic heterocycles. The van der Waals surface area contributed by atoms with E-state index in [0.29, 0.717) is 17.2 Å². The minimum atomic E-state index is -0.384. The lowest BCUT2D eigenvalue weighted by Gasteiger charge is -2.17. The average molecular weight is 251 g/mol. The molecule has 17 heavy (non-hydrogen) atoms. The topological polar surface area (TPSA) is 47.9 Å². The Hall–Kier alpha value is -1.49. The van der Waals surface area contributed by atoms with Crippen LogP contribution in [0.5, 0.6) is 5.75 Å². The third-order valence-corrected chi connectivity index (χ3v) is 3.48. The number of aliphatic imine (C=N–C) groups is 1. The number of carbonyl (C=O) groups excluding carboxylic acids is 1. The average Bonchev–Trinajstić information content (AvgIpc) is 2.36. The molecule has 1 aromatic rings. The van der Waals surface area contributed by atoms with Crippen LogP contribution in [0, 0.1) is 6.92 Å². The van der Waals surface area contributed by atoms with Crippen molar-refractivity contribution in [3.8, 4) is 5.75 Å². The first-order valence-corrected chi connectivity index (χ1v) is 6.11. The molecule has 0 N–H and O–H groups in total. The molecule has 0 amide bonds. The van der Waals surface area contributed by atoms with Gasteiger partial charge in [0.2, 0.25) is 0 Å². The Kier molecular flexibility index (Phi) is 3.38. The lowest BCUT2D eigenvalue weighted by molar-refractivity contribution is -0.132. The van der Waals surface area contributed by atoms with E-state index in [9.17, 15) is 4.79 Å². The van der Waals surface area contributed by atoms with Crippen molar-refractivity contribution in [2.24, 2.45) is 4.99 Å². The van der Waals surface area contributed by atoms with Crippen molar-refractivity contribution in [3.05, 3.63) is 17.7 Å². The van der Waals surface area contributed by atoms with Gasteiger partial charge in [-0.15, -0.1) is 11.8 Å². The predicted octanol–water partition coefficient (Wildman–Crippen LogP) is 2.35. The van der Waals surface area contributed by atoms with Crippen molar-refractivity contribution in [2.45, 2.75) is 11.8 Å². The van der Waals surface area contributed by atoms with E-state index in [1.807, 2.05) is 19.1 Å². The summed E-state index contributed by atoms with van der Waals surface area (Å²) >= 11 is 1.57. The fourth-order valence-corrected chi connectivity index (χ4v) is 2.65. The lowest BCUT2D eigenvalue weighted by atomic mass is 10.2. The highest BCUT2D eigenvalue weighted by Crippen LogP contribution is 2.41. The Morgan fingerprint density at radius 1 is 1.41 bits per heavy atom. The number of aryl methyl sites for hydroxylation is 1. The first-order chi connectivity index (χ1) is 8.15. The second-order valence-corrected chi connectivity index (χ2v) is 4.67. The van der Waals surface area contributed by atoms with E-state index in [-0.39, 0.29) is 5.97 Å². The smallest absolute Gasteiger partial charge is 0.353 e. The maximum Gasteiger partial charge on any atom is 0.353 e. The predicted molar refractivity (Wildman–Crippen MR) is 67.6 cm³/mol. The molecule has 2 rings (SSSR count). The first kappa shape index (κ1) is 12.0. The van der Waals surface area contributed by atoms with Crippen molar-refractivity contribution in [3.63, 3.8) is 0 Å². The summed E-state index contributed by atoms with van der Waals surface area (Å²) in [5, 5.41) is 0. The van der Waals surface area contributed by atoms with E-state index in [1.165, 1.54) is 7.11 Å². The summed E-state index contributed by atoms with van der Waals surface area (Å²) in [4.78, 5) is 16.8. The molecular formula is C12H13NO3S. The summed E-state index contributed by atoms with van der Waals surface area (Å²) in [6.07, 6.45) is 0. The van der Waals surface area contributed by atoms with Gasteiger partial charge in [-0.25, -0.2) is 9.79 Å². The van der Waals surface area contributed by atoms with Crippen LogP contribution in [0.25, 0.3) is 0 Å². The molecule has 90 valence electrons. The van der Waals surface area contributed by atoms with Crippen LogP contribution in [-0.2, 0) is 9.53 Å². The summed E-state index contributed by atoms with van der Waals surface area (Å²) in [6, 6.07) is 3.95. The van der Waals surface area contributed by atoms with Crippen LogP contribution in [-0.4, -0.2) is 31.7 Å². The highest BCUT2D eigenvalue weighted by atomic mass is 32.2. The molecule has 0 saturated carbocycles. The minimum absolute atomic E-state index is 0.384. The summed E-state index contributed by atoms with van der Waals surface area (Å²) in [6.45, 7) is 2.00. The summed E-state index contributed by atoms with van der Waals surface area (Å²) in [5.41, 5.74) is 2.26. The summed E-state index contributed by atoms with van der Waals surface area (Å²) in [5.74, 6) is 0.839. The van der Waals surface area contributed by atoms with Gasteiger partial charge in [-0.3, -0.25) is 0 Å². The number of nitrogens with zero attached hydrogens (tertiary/aromatic N) is 1. The zero-order valence-electron chi connectivity index (χ0n) is 9.94. The zero-order chi connectivity index (χ0) is 12.4. The van der Waals surface area contributed by atoms with Gasteiger partial charge >= 0.3 is 5.97 Å². The summed E-state index contributed by atoms with van der Waals surface area (Å²) < 4.78 is 9.96. The van der Waals surface area contributed by atoms with Crippen LogP contribution in [0.2, 0.25) is 0 Å². The van der Waals surface area contributed by atoms with E-state index >= 15 is 0 Å². The third-order valence-electron chi connectivity index (χ3n) is 2.44. The van der Waals surface area contributed by atoms with E-state index in [0.717, 1.165) is 16.1 Å². The van der Waals surface area contributed by atoms with Crippen molar-refractivity contribution >= 4 is 29.1 Å². The Balaban J connectivity index is 2.49. The minimum Gasteiger partial charge on any atom is -0.494 e. The van der Waals surface area contributed by atoms with E-state index < -0.39 is 0 Å². The molecule has 4 nitrogen and oxygen atoms in total. The van der Waals surface area contributed by atoms with Crippen LogP contribution in [0.4, 0.5) is 5.69 Å². The van der Waals surface area contributed by atoms with Crippen LogP contribution in [0.3, 0.4) is 0 Å². The van der Waals surface area contributed by atoms with Gasteiger partial charge < -0.3 is 9.47 Å². The van der Waals surface area contributed by atoms with E-state index in [4.69, 9.17) is 4.74 Å². The molecule has 0 saturated heterocycles. The number of esters is 1. The molecule has 0 atom stereocenters. The first-order valence-electron chi connectivity index (χ1n) is 5.13. The molecule has 0 radical (unpaired) electrons. The molecule has 1 aliphatic heterocycles. The van der Waals surface area contributed by atoms with Crippen LogP contribution in [0.1, 0.15) is 5.56 Å². The van der Waals surface area contributed by atoms with Crippen LogP contribution in [0.15, 0.2) is 22.0 Å². The monoisotopic (exact) mass is 251 g/mol. The molecule has 0 aliphatic carbocycles. The van der Waals surface area contributed by atoms with Crippen molar-refractivity contribution in [1.82, 2.24) is 0 Å². The number of methoxy groups -OCH3 is 2. The quantitative estimate of drug-likeness (QED) is 0.757. The Morgan fingerprint density at radius 3 is 2.82 bits per heavy atom. The number of hydrogen-bond donors (Lipinski definition) is 0. The fraction of sp³-hybridized carbons (Fsp3) is 0.333. The number of hydrogen-bond acceptors (Lipinski definition) is 5. The molecule has 5 heteroatoms. The van der Waals surface area contributed by atoms with Crippen molar-refractivity contribution < 1.29 is 14.3 Å².